The van der Waals surface area contributed by atoms with Crippen LogP contribution in [0.3, 0.4) is 0 Å². The predicted molar refractivity (Wildman–Crippen MR) is 111 cm³/mol. The lowest BCUT2D eigenvalue weighted by molar-refractivity contribution is -0.384. The van der Waals surface area contributed by atoms with Crippen molar-refractivity contribution < 1.29 is 18.1 Å². The molecule has 0 fully saturated rings. The van der Waals surface area contributed by atoms with Crippen LogP contribution in [0.5, 0.6) is 0 Å². The standard InChI is InChI=1S/C18H26N6O5S/c1-12(11-23-14(3)8-13(2)22-23)10-21-18(25)6-7-20-16-5-4-15(30(19,28)29)9-17(16)24(26)27/h4-5,8-9,12,20H,6-7,10-11H2,1-3H3,(H,21,25)(H2,19,28,29). The Morgan fingerprint density at radius 1 is 1.33 bits per heavy atom. The van der Waals surface area contributed by atoms with Gasteiger partial charge in [0.05, 0.1) is 15.5 Å². The molecule has 11 nitrogen and oxygen atoms in total. The highest BCUT2D eigenvalue weighted by molar-refractivity contribution is 7.89. The van der Waals surface area contributed by atoms with Gasteiger partial charge in [-0.25, -0.2) is 13.6 Å². The van der Waals surface area contributed by atoms with Crippen LogP contribution < -0.4 is 15.8 Å². The Labute approximate surface area is 174 Å². The minimum absolute atomic E-state index is 0.0979. The van der Waals surface area contributed by atoms with Gasteiger partial charge in [-0.2, -0.15) is 5.10 Å². The Kier molecular flexibility index (Phi) is 7.51. The summed E-state index contributed by atoms with van der Waals surface area (Å²) in [6.07, 6.45) is 0.0979. The van der Waals surface area contributed by atoms with Gasteiger partial charge in [-0.3, -0.25) is 19.6 Å². The van der Waals surface area contributed by atoms with Crippen molar-refractivity contribution in [2.75, 3.05) is 18.4 Å². The van der Waals surface area contributed by atoms with Crippen molar-refractivity contribution in [1.82, 2.24) is 15.1 Å². The molecular formula is C18H26N6O5S. The summed E-state index contributed by atoms with van der Waals surface area (Å²) in [5, 5.41) is 26.2. The lowest BCUT2D eigenvalue weighted by Gasteiger charge is -2.14. The van der Waals surface area contributed by atoms with Crippen LogP contribution in [0.2, 0.25) is 0 Å². The molecule has 12 heteroatoms. The van der Waals surface area contributed by atoms with Gasteiger partial charge in [-0.05, 0) is 38.0 Å². The SMILES string of the molecule is Cc1cc(C)n(CC(C)CNC(=O)CCNc2ccc(S(N)(=O)=O)cc2[N+](=O)[O-])n1. The number of nitro benzene ring substituents is 1. The monoisotopic (exact) mass is 438 g/mol. The van der Waals surface area contributed by atoms with E-state index in [1.165, 1.54) is 12.1 Å². The molecule has 1 amide bonds. The second kappa shape index (κ2) is 9.67. The highest BCUT2D eigenvalue weighted by Crippen LogP contribution is 2.27. The van der Waals surface area contributed by atoms with Gasteiger partial charge < -0.3 is 10.6 Å². The fourth-order valence-electron chi connectivity index (χ4n) is 2.90. The highest BCUT2D eigenvalue weighted by Gasteiger charge is 2.19. The van der Waals surface area contributed by atoms with Gasteiger partial charge in [0.2, 0.25) is 15.9 Å². The number of benzene rings is 1. The number of hydrogen-bond donors (Lipinski definition) is 3. The Bertz CT molecular complexity index is 1030. The zero-order chi connectivity index (χ0) is 22.5. The molecule has 0 aliphatic carbocycles. The van der Waals surface area contributed by atoms with Gasteiger partial charge in [0.15, 0.2) is 0 Å². The molecule has 0 saturated heterocycles. The number of nitro groups is 1. The van der Waals surface area contributed by atoms with E-state index in [4.69, 9.17) is 5.14 Å². The molecule has 0 aliphatic rings. The van der Waals surface area contributed by atoms with Crippen molar-refractivity contribution in [3.05, 3.63) is 45.8 Å². The molecule has 0 radical (unpaired) electrons. The van der Waals surface area contributed by atoms with E-state index in [0.717, 1.165) is 17.5 Å². The predicted octanol–water partition coefficient (Wildman–Crippen LogP) is 1.31. The number of carbonyl (C=O) groups is 1. The molecule has 1 aromatic heterocycles. The molecule has 2 aromatic rings. The molecule has 164 valence electrons. The van der Waals surface area contributed by atoms with Crippen LogP contribution in [0.4, 0.5) is 11.4 Å². The quantitative estimate of drug-likeness (QED) is 0.372. The molecule has 2 rings (SSSR count). The van der Waals surface area contributed by atoms with Crippen LogP contribution in [0.25, 0.3) is 0 Å². The molecule has 0 aliphatic heterocycles. The summed E-state index contributed by atoms with van der Waals surface area (Å²) in [6, 6.07) is 5.31. The molecule has 4 N–H and O–H groups in total. The van der Waals surface area contributed by atoms with Gasteiger partial charge >= 0.3 is 0 Å². The Hall–Kier alpha value is -2.99. The average Bonchev–Trinajstić information content (AvgIpc) is 2.96. The number of aromatic nitrogens is 2. The van der Waals surface area contributed by atoms with Gasteiger partial charge in [0.25, 0.3) is 5.69 Å². The van der Waals surface area contributed by atoms with Gasteiger partial charge in [0, 0.05) is 37.8 Å². The summed E-state index contributed by atoms with van der Waals surface area (Å²) >= 11 is 0. The van der Waals surface area contributed by atoms with E-state index < -0.39 is 20.6 Å². The van der Waals surface area contributed by atoms with Crippen molar-refractivity contribution >= 4 is 27.3 Å². The summed E-state index contributed by atoms with van der Waals surface area (Å²) in [5.74, 6) is -0.0294. The molecular weight excluding hydrogens is 412 g/mol. The lowest BCUT2D eigenvalue weighted by Crippen LogP contribution is -2.31. The Morgan fingerprint density at radius 3 is 2.60 bits per heavy atom. The molecule has 0 bridgehead atoms. The van der Waals surface area contributed by atoms with Crippen LogP contribution in [0, 0.1) is 29.9 Å². The van der Waals surface area contributed by atoms with E-state index in [1.807, 2.05) is 31.5 Å². The maximum Gasteiger partial charge on any atom is 0.293 e. The van der Waals surface area contributed by atoms with E-state index in [-0.39, 0.29) is 35.4 Å². The van der Waals surface area contributed by atoms with Crippen LogP contribution in [-0.4, -0.2) is 42.1 Å². The number of primary sulfonamides is 1. The third-order valence-corrected chi connectivity index (χ3v) is 5.31. The number of amides is 1. The number of anilines is 1. The summed E-state index contributed by atoms with van der Waals surface area (Å²) < 4.78 is 24.6. The maximum absolute atomic E-state index is 12.1. The molecule has 1 heterocycles. The first-order valence-corrected chi connectivity index (χ1v) is 10.8. The van der Waals surface area contributed by atoms with E-state index in [1.54, 1.807) is 0 Å². The summed E-state index contributed by atoms with van der Waals surface area (Å²) in [5.41, 5.74) is 1.68. The number of nitrogens with zero attached hydrogens (tertiary/aromatic N) is 3. The largest absolute Gasteiger partial charge is 0.379 e. The van der Waals surface area contributed by atoms with Crippen LogP contribution >= 0.6 is 0 Å². The van der Waals surface area contributed by atoms with Crippen LogP contribution in [-0.2, 0) is 21.4 Å². The highest BCUT2D eigenvalue weighted by atomic mass is 32.2. The number of sulfonamides is 1. The number of nitrogens with one attached hydrogen (secondary N) is 2. The van der Waals surface area contributed by atoms with E-state index in [0.29, 0.717) is 13.1 Å². The second-order valence-corrected chi connectivity index (χ2v) is 8.74. The van der Waals surface area contributed by atoms with Crippen LogP contribution in [0.1, 0.15) is 24.7 Å². The number of hydrogen-bond acceptors (Lipinski definition) is 7. The van der Waals surface area contributed by atoms with Crippen molar-refractivity contribution in [1.29, 1.82) is 0 Å². The number of carbonyl (C=O) groups excluding carboxylic acids is 1. The molecule has 1 unspecified atom stereocenters. The first-order chi connectivity index (χ1) is 14.0. The molecule has 0 saturated carbocycles. The Balaban J connectivity index is 1.84. The maximum atomic E-state index is 12.1. The third-order valence-electron chi connectivity index (χ3n) is 4.40. The molecule has 0 spiro atoms. The summed E-state index contributed by atoms with van der Waals surface area (Å²) in [4.78, 5) is 22.2. The lowest BCUT2D eigenvalue weighted by atomic mass is 10.2. The molecule has 1 aromatic carbocycles. The summed E-state index contributed by atoms with van der Waals surface area (Å²) in [7, 11) is -4.05. The average molecular weight is 439 g/mol. The van der Waals surface area contributed by atoms with Crippen molar-refractivity contribution in [2.45, 2.75) is 38.6 Å². The van der Waals surface area contributed by atoms with Gasteiger partial charge in [-0.15, -0.1) is 0 Å². The number of rotatable bonds is 10. The minimum Gasteiger partial charge on any atom is -0.379 e. The normalized spacial score (nSPS) is 12.4. The first-order valence-electron chi connectivity index (χ1n) is 9.30. The van der Waals surface area contributed by atoms with Crippen molar-refractivity contribution in [3.63, 3.8) is 0 Å². The van der Waals surface area contributed by atoms with Crippen LogP contribution in [0.15, 0.2) is 29.2 Å². The number of aryl methyl sites for hydroxylation is 2. The van der Waals surface area contributed by atoms with E-state index in [9.17, 15) is 23.3 Å². The minimum atomic E-state index is -4.05. The van der Waals surface area contributed by atoms with Gasteiger partial charge in [0.1, 0.15) is 5.69 Å². The Morgan fingerprint density at radius 2 is 2.03 bits per heavy atom. The van der Waals surface area contributed by atoms with E-state index in [2.05, 4.69) is 15.7 Å². The second-order valence-electron chi connectivity index (χ2n) is 7.18. The number of nitrogens with two attached hydrogens (primary N) is 1. The van der Waals surface area contributed by atoms with E-state index >= 15 is 0 Å². The molecule has 1 atom stereocenters. The first kappa shape index (κ1) is 23.3. The fourth-order valence-corrected chi connectivity index (χ4v) is 3.43. The zero-order valence-electron chi connectivity index (χ0n) is 17.1. The van der Waals surface area contributed by atoms with Gasteiger partial charge in [-0.1, -0.05) is 6.92 Å². The van der Waals surface area contributed by atoms with Crippen molar-refractivity contribution in [3.8, 4) is 0 Å². The summed E-state index contributed by atoms with van der Waals surface area (Å²) in [6.45, 7) is 7.21. The zero-order valence-corrected chi connectivity index (χ0v) is 17.9. The topological polar surface area (TPSA) is 162 Å². The third kappa shape index (κ3) is 6.52. The fraction of sp³-hybridized carbons (Fsp3) is 0.444. The molecule has 30 heavy (non-hydrogen) atoms. The smallest absolute Gasteiger partial charge is 0.293 e. The van der Waals surface area contributed by atoms with Crippen molar-refractivity contribution in [2.24, 2.45) is 11.1 Å².